The van der Waals surface area contributed by atoms with E-state index in [-0.39, 0.29) is 11.2 Å². The second-order valence-electron chi connectivity index (χ2n) is 5.45. The second-order valence-corrected chi connectivity index (χ2v) is 7.63. The smallest absolute Gasteiger partial charge is 0.151 e. The fourth-order valence-corrected chi connectivity index (χ4v) is 4.74. The molecule has 2 rings (SSSR count). The highest BCUT2D eigenvalue weighted by Gasteiger charge is 2.38. The fourth-order valence-electron chi connectivity index (χ4n) is 2.50. The molecule has 3 nitrogen and oxygen atoms in total. The number of rotatable bonds is 3. The van der Waals surface area contributed by atoms with Crippen LogP contribution in [0.25, 0.3) is 0 Å². The molecule has 1 atom stereocenters. The first-order valence-electron chi connectivity index (χ1n) is 5.99. The molecule has 0 bridgehead atoms. The van der Waals surface area contributed by atoms with Crippen molar-refractivity contribution in [2.45, 2.75) is 39.0 Å². The second kappa shape index (κ2) is 4.40. The minimum atomic E-state index is -2.80. The van der Waals surface area contributed by atoms with Crippen LogP contribution in [0, 0.1) is 5.41 Å². The topological polar surface area (TPSA) is 43.4 Å². The van der Waals surface area contributed by atoms with Crippen molar-refractivity contribution in [3.05, 3.63) is 11.8 Å². The lowest BCUT2D eigenvalue weighted by atomic mass is 9.92. The summed E-state index contributed by atoms with van der Waals surface area (Å²) in [5.41, 5.74) is 1.21. The van der Waals surface area contributed by atoms with Gasteiger partial charge in [-0.1, -0.05) is 6.92 Å². The number of allylic oxidation sites excluding steroid dienone is 1. The van der Waals surface area contributed by atoms with E-state index in [2.05, 4.69) is 0 Å². The molecule has 4 heteroatoms. The Morgan fingerprint density at radius 3 is 2.62 bits per heavy atom. The first kappa shape index (κ1) is 12.0. The Morgan fingerprint density at radius 2 is 2.06 bits per heavy atom. The average molecular weight is 244 g/mol. The van der Waals surface area contributed by atoms with Gasteiger partial charge in [-0.2, -0.15) is 0 Å². The molecule has 0 spiro atoms. The van der Waals surface area contributed by atoms with Gasteiger partial charge in [0.25, 0.3) is 0 Å². The summed E-state index contributed by atoms with van der Waals surface area (Å²) in [6.07, 6.45) is 7.42. The van der Waals surface area contributed by atoms with E-state index in [0.717, 1.165) is 19.3 Å². The summed E-state index contributed by atoms with van der Waals surface area (Å²) < 4.78 is 28.4. The van der Waals surface area contributed by atoms with E-state index in [9.17, 15) is 8.42 Å². The maximum Gasteiger partial charge on any atom is 0.151 e. The summed E-state index contributed by atoms with van der Waals surface area (Å²) in [4.78, 5) is 0. The van der Waals surface area contributed by atoms with Gasteiger partial charge in [-0.05, 0) is 37.7 Å². The molecule has 1 saturated heterocycles. The quantitative estimate of drug-likeness (QED) is 0.715. The zero-order chi connectivity index (χ0) is 11.6. The zero-order valence-corrected chi connectivity index (χ0v) is 10.7. The minimum Gasteiger partial charge on any atom is -0.501 e. The molecular formula is C12H20O3S. The van der Waals surface area contributed by atoms with Crippen LogP contribution >= 0.6 is 0 Å². The molecule has 0 aromatic heterocycles. The average Bonchev–Trinajstić information content (AvgIpc) is 2.75. The highest BCUT2D eigenvalue weighted by atomic mass is 32.2. The largest absolute Gasteiger partial charge is 0.501 e. The van der Waals surface area contributed by atoms with Crippen molar-refractivity contribution in [2.75, 3.05) is 18.1 Å². The van der Waals surface area contributed by atoms with Crippen LogP contribution < -0.4 is 0 Å². The van der Waals surface area contributed by atoms with Crippen LogP contribution in [0.5, 0.6) is 0 Å². The number of hydrogen-bond donors (Lipinski definition) is 0. The highest BCUT2D eigenvalue weighted by Crippen LogP contribution is 2.32. The fraction of sp³-hybridized carbons (Fsp3) is 0.833. The van der Waals surface area contributed by atoms with E-state index >= 15 is 0 Å². The van der Waals surface area contributed by atoms with E-state index in [0.29, 0.717) is 12.4 Å². The minimum absolute atomic E-state index is 0.172. The first-order chi connectivity index (χ1) is 7.49. The summed E-state index contributed by atoms with van der Waals surface area (Å²) in [7, 11) is -2.80. The molecule has 92 valence electrons. The van der Waals surface area contributed by atoms with Gasteiger partial charge in [-0.3, -0.25) is 0 Å². The van der Waals surface area contributed by atoms with Gasteiger partial charge in [0.05, 0.1) is 24.4 Å². The van der Waals surface area contributed by atoms with Gasteiger partial charge < -0.3 is 4.74 Å². The molecule has 2 aliphatic rings. The SMILES string of the molecule is CC1(COC=C2CCCC2)CCS(=O)(=O)C1. The van der Waals surface area contributed by atoms with Crippen molar-refractivity contribution < 1.29 is 13.2 Å². The molecule has 0 aromatic carbocycles. The van der Waals surface area contributed by atoms with Crippen molar-refractivity contribution in [3.8, 4) is 0 Å². The van der Waals surface area contributed by atoms with Crippen molar-refractivity contribution >= 4 is 9.84 Å². The third-order valence-corrected chi connectivity index (χ3v) is 5.48. The Kier molecular flexibility index (Phi) is 3.29. The van der Waals surface area contributed by atoms with Crippen LogP contribution in [0.4, 0.5) is 0 Å². The van der Waals surface area contributed by atoms with E-state index in [4.69, 9.17) is 4.74 Å². The molecular weight excluding hydrogens is 224 g/mol. The monoisotopic (exact) mass is 244 g/mol. The lowest BCUT2D eigenvalue weighted by Gasteiger charge is -2.20. The Balaban J connectivity index is 1.84. The Hall–Kier alpha value is -0.510. The number of ether oxygens (including phenoxy) is 1. The van der Waals surface area contributed by atoms with Gasteiger partial charge in [-0.15, -0.1) is 0 Å². The molecule has 2 fully saturated rings. The molecule has 0 N–H and O–H groups in total. The normalized spacial score (nSPS) is 32.9. The van der Waals surface area contributed by atoms with Crippen LogP contribution in [-0.4, -0.2) is 26.5 Å². The van der Waals surface area contributed by atoms with Crippen molar-refractivity contribution in [2.24, 2.45) is 5.41 Å². The summed E-state index contributed by atoms with van der Waals surface area (Å²) in [6, 6.07) is 0. The Labute approximate surface area is 97.8 Å². The van der Waals surface area contributed by atoms with Crippen LogP contribution in [0.1, 0.15) is 39.0 Å². The molecule has 0 aromatic rings. The van der Waals surface area contributed by atoms with Gasteiger partial charge in [0.2, 0.25) is 0 Å². The predicted octanol–water partition coefficient (Wildman–Crippen LogP) is 2.29. The molecule has 16 heavy (non-hydrogen) atoms. The van der Waals surface area contributed by atoms with Gasteiger partial charge in [-0.25, -0.2) is 8.42 Å². The predicted molar refractivity (Wildman–Crippen MR) is 63.9 cm³/mol. The van der Waals surface area contributed by atoms with Gasteiger partial charge in [0.1, 0.15) is 0 Å². The zero-order valence-electron chi connectivity index (χ0n) is 9.87. The molecule has 0 radical (unpaired) electrons. The molecule has 1 aliphatic carbocycles. The van der Waals surface area contributed by atoms with Gasteiger partial charge >= 0.3 is 0 Å². The lowest BCUT2D eigenvalue weighted by Crippen LogP contribution is -2.23. The van der Waals surface area contributed by atoms with Crippen LogP contribution in [-0.2, 0) is 14.6 Å². The third kappa shape index (κ3) is 3.00. The summed E-state index contributed by atoms with van der Waals surface area (Å²) in [6.45, 7) is 2.54. The molecule has 1 heterocycles. The highest BCUT2D eigenvalue weighted by molar-refractivity contribution is 7.91. The lowest BCUT2D eigenvalue weighted by molar-refractivity contribution is 0.140. The van der Waals surface area contributed by atoms with E-state index < -0.39 is 9.84 Å². The number of sulfone groups is 1. The molecule has 0 amide bonds. The third-order valence-electron chi connectivity index (χ3n) is 3.51. The van der Waals surface area contributed by atoms with Crippen LogP contribution in [0.3, 0.4) is 0 Å². The van der Waals surface area contributed by atoms with E-state index in [1.807, 2.05) is 13.2 Å². The molecule has 1 saturated carbocycles. The first-order valence-corrected chi connectivity index (χ1v) is 7.81. The Morgan fingerprint density at radius 1 is 1.38 bits per heavy atom. The van der Waals surface area contributed by atoms with E-state index in [1.54, 1.807) is 0 Å². The van der Waals surface area contributed by atoms with Crippen molar-refractivity contribution in [1.82, 2.24) is 0 Å². The Bertz CT molecular complexity index is 375. The summed E-state index contributed by atoms with van der Waals surface area (Å²) in [5, 5.41) is 0. The van der Waals surface area contributed by atoms with Crippen LogP contribution in [0.2, 0.25) is 0 Å². The maximum atomic E-state index is 11.4. The molecule has 1 unspecified atom stereocenters. The summed E-state index contributed by atoms with van der Waals surface area (Å²) in [5.74, 6) is 0.604. The van der Waals surface area contributed by atoms with Gasteiger partial charge in [0.15, 0.2) is 9.84 Å². The van der Waals surface area contributed by atoms with Crippen molar-refractivity contribution in [1.29, 1.82) is 0 Å². The number of hydrogen-bond acceptors (Lipinski definition) is 3. The molecule has 1 aliphatic heterocycles. The van der Waals surface area contributed by atoms with E-state index in [1.165, 1.54) is 18.4 Å². The standard InChI is InChI=1S/C12H20O3S/c1-12(6-7-16(13,14)10-12)9-15-8-11-4-2-3-5-11/h8H,2-7,9-10H2,1H3. The maximum absolute atomic E-state index is 11.4. The van der Waals surface area contributed by atoms with Crippen molar-refractivity contribution in [3.63, 3.8) is 0 Å². The van der Waals surface area contributed by atoms with Crippen LogP contribution in [0.15, 0.2) is 11.8 Å². The summed E-state index contributed by atoms with van der Waals surface area (Å²) >= 11 is 0. The van der Waals surface area contributed by atoms with Gasteiger partial charge in [0, 0.05) is 5.41 Å².